The van der Waals surface area contributed by atoms with Gasteiger partial charge in [0.2, 0.25) is 0 Å². The minimum Gasteiger partial charge on any atom is -0.488 e. The molecule has 0 unspecified atom stereocenters. The Hall–Kier alpha value is -2.34. The van der Waals surface area contributed by atoms with Crippen LogP contribution in [0, 0.1) is 0 Å². The number of unbranched alkanes of at least 4 members (excludes halogenated alkanes) is 1. The molecule has 0 aromatic heterocycles. The van der Waals surface area contributed by atoms with Crippen molar-refractivity contribution >= 4 is 27.8 Å². The Kier molecular flexibility index (Phi) is 8.15. The maximum atomic E-state index is 12.4. The summed E-state index contributed by atoms with van der Waals surface area (Å²) in [5, 5.41) is 2.86. The molecule has 0 aliphatic rings. The van der Waals surface area contributed by atoms with E-state index < -0.39 is 0 Å². The Morgan fingerprint density at radius 2 is 1.77 bits per heavy atom. The largest absolute Gasteiger partial charge is 0.488 e. The first kappa shape index (κ1) is 20.0. The molecule has 0 saturated carbocycles. The van der Waals surface area contributed by atoms with Crippen LogP contribution in [-0.4, -0.2) is 25.5 Å². The van der Waals surface area contributed by atoms with Crippen molar-refractivity contribution in [2.45, 2.75) is 25.9 Å². The zero-order valence-corrected chi connectivity index (χ0v) is 16.3. The van der Waals surface area contributed by atoms with E-state index >= 15 is 0 Å². The normalized spacial score (nSPS) is 10.2. The van der Waals surface area contributed by atoms with Crippen molar-refractivity contribution in [2.24, 2.45) is 0 Å². The predicted molar refractivity (Wildman–Crippen MR) is 103 cm³/mol. The molecule has 0 saturated heterocycles. The lowest BCUT2D eigenvalue weighted by molar-refractivity contribution is -0.140. The zero-order valence-electron chi connectivity index (χ0n) is 14.7. The van der Waals surface area contributed by atoms with Crippen LogP contribution in [0.5, 0.6) is 5.75 Å². The maximum Gasteiger partial charge on any atom is 0.305 e. The van der Waals surface area contributed by atoms with Gasteiger partial charge in [-0.15, -0.1) is 0 Å². The van der Waals surface area contributed by atoms with Gasteiger partial charge in [-0.3, -0.25) is 9.59 Å². The molecule has 0 radical (unpaired) electrons. The highest BCUT2D eigenvalue weighted by Crippen LogP contribution is 2.22. The van der Waals surface area contributed by atoms with Gasteiger partial charge in [-0.1, -0.05) is 46.3 Å². The Morgan fingerprint density at radius 1 is 1.04 bits per heavy atom. The molecule has 26 heavy (non-hydrogen) atoms. The monoisotopic (exact) mass is 419 g/mol. The average molecular weight is 420 g/mol. The number of ether oxygens (including phenoxy) is 2. The van der Waals surface area contributed by atoms with Crippen LogP contribution in [0.25, 0.3) is 0 Å². The molecule has 0 bridgehead atoms. The Balaban J connectivity index is 1.88. The minimum absolute atomic E-state index is 0.189. The van der Waals surface area contributed by atoms with Crippen LogP contribution in [0.3, 0.4) is 0 Å². The van der Waals surface area contributed by atoms with Gasteiger partial charge in [0, 0.05) is 23.0 Å². The number of methoxy groups -OCH3 is 1. The summed E-state index contributed by atoms with van der Waals surface area (Å²) in [5.41, 5.74) is 1.50. The van der Waals surface area contributed by atoms with Gasteiger partial charge < -0.3 is 14.8 Å². The summed E-state index contributed by atoms with van der Waals surface area (Å²) in [5.74, 6) is 0.114. The van der Waals surface area contributed by atoms with Gasteiger partial charge in [-0.05, 0) is 31.0 Å². The van der Waals surface area contributed by atoms with Gasteiger partial charge >= 0.3 is 5.97 Å². The molecule has 5 nitrogen and oxygen atoms in total. The predicted octanol–water partition coefficient (Wildman–Crippen LogP) is 4.10. The van der Waals surface area contributed by atoms with Crippen molar-refractivity contribution in [1.29, 1.82) is 0 Å². The van der Waals surface area contributed by atoms with Crippen molar-refractivity contribution in [3.8, 4) is 5.75 Å². The Bertz CT molecular complexity index is 748. The van der Waals surface area contributed by atoms with E-state index in [0.717, 1.165) is 10.0 Å². The molecule has 0 atom stereocenters. The highest BCUT2D eigenvalue weighted by Gasteiger charge is 2.12. The number of hydrogen-bond acceptors (Lipinski definition) is 4. The lowest BCUT2D eigenvalue weighted by Crippen LogP contribution is -2.25. The maximum absolute atomic E-state index is 12.4. The number of esters is 1. The molecule has 2 rings (SSSR count). The number of carbonyl (C=O) groups excluding carboxylic acids is 2. The van der Waals surface area contributed by atoms with Crippen molar-refractivity contribution < 1.29 is 19.1 Å². The fourth-order valence-corrected chi connectivity index (χ4v) is 2.74. The van der Waals surface area contributed by atoms with Gasteiger partial charge in [0.05, 0.1) is 12.7 Å². The smallest absolute Gasteiger partial charge is 0.305 e. The molecule has 1 amide bonds. The fourth-order valence-electron chi connectivity index (χ4n) is 2.34. The number of rotatable bonds is 9. The van der Waals surface area contributed by atoms with E-state index in [0.29, 0.717) is 43.7 Å². The molecule has 0 heterocycles. The van der Waals surface area contributed by atoms with Gasteiger partial charge in [-0.2, -0.15) is 0 Å². The first-order valence-electron chi connectivity index (χ1n) is 8.42. The molecule has 6 heteroatoms. The summed E-state index contributed by atoms with van der Waals surface area (Å²) in [4.78, 5) is 23.5. The zero-order chi connectivity index (χ0) is 18.8. The lowest BCUT2D eigenvalue weighted by Gasteiger charge is -2.12. The van der Waals surface area contributed by atoms with Gasteiger partial charge in [-0.25, -0.2) is 0 Å². The first-order valence-corrected chi connectivity index (χ1v) is 9.21. The lowest BCUT2D eigenvalue weighted by atomic mass is 10.1. The third-order valence-electron chi connectivity index (χ3n) is 3.79. The molecule has 0 spiro atoms. The second kappa shape index (κ2) is 10.6. The third-order valence-corrected chi connectivity index (χ3v) is 4.57. The van der Waals surface area contributed by atoms with Crippen LogP contribution in [0.15, 0.2) is 53.0 Å². The van der Waals surface area contributed by atoms with E-state index in [1.807, 2.05) is 30.3 Å². The summed E-state index contributed by atoms with van der Waals surface area (Å²) in [6.07, 6.45) is 1.74. The first-order chi connectivity index (χ1) is 12.6. The van der Waals surface area contributed by atoms with Crippen molar-refractivity contribution in [3.63, 3.8) is 0 Å². The molecule has 2 aromatic rings. The highest BCUT2D eigenvalue weighted by atomic mass is 79.9. The van der Waals surface area contributed by atoms with Crippen molar-refractivity contribution in [2.75, 3.05) is 13.7 Å². The second-order valence-electron chi connectivity index (χ2n) is 5.67. The van der Waals surface area contributed by atoms with Crippen molar-refractivity contribution in [3.05, 3.63) is 64.1 Å². The van der Waals surface area contributed by atoms with E-state index in [2.05, 4.69) is 26.0 Å². The van der Waals surface area contributed by atoms with E-state index in [9.17, 15) is 9.59 Å². The average Bonchev–Trinajstić information content (AvgIpc) is 2.67. The van der Waals surface area contributed by atoms with Crippen molar-refractivity contribution in [1.82, 2.24) is 5.32 Å². The number of para-hydroxylation sites is 1. The number of benzene rings is 2. The molecular formula is C20H22BrNO4. The third kappa shape index (κ3) is 6.19. The van der Waals surface area contributed by atoms with Gasteiger partial charge in [0.25, 0.3) is 5.91 Å². The van der Waals surface area contributed by atoms with Gasteiger partial charge in [0.1, 0.15) is 12.4 Å². The summed E-state index contributed by atoms with van der Waals surface area (Å²) >= 11 is 3.49. The van der Waals surface area contributed by atoms with Crippen LogP contribution < -0.4 is 10.1 Å². The second-order valence-corrected chi connectivity index (χ2v) is 6.52. The molecule has 0 aliphatic carbocycles. The summed E-state index contributed by atoms with van der Waals surface area (Å²) in [6, 6.07) is 15.0. The highest BCUT2D eigenvalue weighted by molar-refractivity contribution is 9.10. The molecule has 2 aromatic carbocycles. The van der Waals surface area contributed by atoms with E-state index in [4.69, 9.17) is 4.74 Å². The minimum atomic E-state index is -0.234. The Morgan fingerprint density at radius 3 is 2.54 bits per heavy atom. The number of hydrogen-bond donors (Lipinski definition) is 1. The number of amides is 1. The quantitative estimate of drug-likeness (QED) is 0.490. The Labute approximate surface area is 161 Å². The number of nitrogens with one attached hydrogen (secondary N) is 1. The van der Waals surface area contributed by atoms with Crippen LogP contribution >= 0.6 is 15.9 Å². The summed E-state index contributed by atoms with van der Waals surface area (Å²) in [6.45, 7) is 0.860. The van der Waals surface area contributed by atoms with Crippen LogP contribution in [0.1, 0.15) is 35.2 Å². The molecule has 0 fully saturated rings. The van der Waals surface area contributed by atoms with E-state index in [-0.39, 0.29) is 11.9 Å². The fraction of sp³-hybridized carbons (Fsp3) is 0.300. The number of carbonyl (C=O) groups is 2. The molecule has 0 aliphatic heterocycles. The van der Waals surface area contributed by atoms with Crippen LogP contribution in [-0.2, 0) is 16.1 Å². The SMILES string of the molecule is COC(=O)CCCCNC(=O)c1ccccc1OCc1ccccc1Br. The topological polar surface area (TPSA) is 64.6 Å². The molecule has 138 valence electrons. The number of halogens is 1. The van der Waals surface area contributed by atoms with Crippen LogP contribution in [0.4, 0.5) is 0 Å². The van der Waals surface area contributed by atoms with E-state index in [1.165, 1.54) is 7.11 Å². The summed E-state index contributed by atoms with van der Waals surface area (Å²) < 4.78 is 11.4. The van der Waals surface area contributed by atoms with E-state index in [1.54, 1.807) is 18.2 Å². The molecular weight excluding hydrogens is 398 g/mol. The van der Waals surface area contributed by atoms with Crippen LogP contribution in [0.2, 0.25) is 0 Å². The standard InChI is InChI=1S/C20H22BrNO4/c1-25-19(23)12-6-7-13-22-20(24)16-9-3-5-11-18(16)26-14-15-8-2-4-10-17(15)21/h2-5,8-11H,6-7,12-14H2,1H3,(H,22,24). The van der Waals surface area contributed by atoms with Gasteiger partial charge in [0.15, 0.2) is 0 Å². The molecule has 1 N–H and O–H groups in total. The summed E-state index contributed by atoms with van der Waals surface area (Å²) in [7, 11) is 1.37.